The molecule has 0 aromatic carbocycles. The molecule has 0 aliphatic carbocycles. The standard InChI is InChI=1S/C9H17N5O2S/c1-4-5-10-9(2,7(15)16)6-17-8-11-12-13-14(8)3/h10H,4-6H2,1-3H3,(H,15,16). The van der Waals surface area contributed by atoms with E-state index in [-0.39, 0.29) is 0 Å². The van der Waals surface area contributed by atoms with E-state index in [2.05, 4.69) is 20.8 Å². The molecule has 8 heteroatoms. The molecule has 0 aliphatic heterocycles. The van der Waals surface area contributed by atoms with Gasteiger partial charge in [-0.05, 0) is 30.3 Å². The van der Waals surface area contributed by atoms with Gasteiger partial charge in [0.15, 0.2) is 0 Å². The van der Waals surface area contributed by atoms with Crippen molar-refractivity contribution in [2.45, 2.75) is 31.0 Å². The third-order valence-electron chi connectivity index (χ3n) is 2.31. The Morgan fingerprint density at radius 2 is 2.35 bits per heavy atom. The molecule has 0 spiro atoms. The van der Waals surface area contributed by atoms with Gasteiger partial charge in [-0.25, -0.2) is 4.68 Å². The Morgan fingerprint density at radius 1 is 1.65 bits per heavy atom. The lowest BCUT2D eigenvalue weighted by Gasteiger charge is -2.25. The van der Waals surface area contributed by atoms with Crippen LogP contribution in [0.2, 0.25) is 0 Å². The van der Waals surface area contributed by atoms with Crippen molar-refractivity contribution in [2.24, 2.45) is 7.05 Å². The molecule has 1 unspecified atom stereocenters. The first-order valence-corrected chi connectivity index (χ1v) is 6.31. The Hall–Kier alpha value is -1.15. The molecule has 0 amide bonds. The number of hydrogen-bond donors (Lipinski definition) is 2. The molecule has 96 valence electrons. The van der Waals surface area contributed by atoms with Crippen LogP contribution in [0.1, 0.15) is 20.3 Å². The number of aromatic nitrogens is 4. The van der Waals surface area contributed by atoms with Crippen LogP contribution in [0.25, 0.3) is 0 Å². The SMILES string of the molecule is CCCNC(C)(CSc1nnnn1C)C(=O)O. The van der Waals surface area contributed by atoms with E-state index >= 15 is 0 Å². The number of nitrogens with one attached hydrogen (secondary N) is 1. The van der Waals surface area contributed by atoms with Crippen LogP contribution >= 0.6 is 11.8 Å². The van der Waals surface area contributed by atoms with Gasteiger partial charge in [-0.3, -0.25) is 4.79 Å². The number of carboxylic acid groups (broad SMARTS) is 1. The van der Waals surface area contributed by atoms with E-state index in [0.29, 0.717) is 17.5 Å². The smallest absolute Gasteiger partial charge is 0.324 e. The molecule has 7 nitrogen and oxygen atoms in total. The van der Waals surface area contributed by atoms with Gasteiger partial charge in [0, 0.05) is 12.8 Å². The molecule has 1 rings (SSSR count). The van der Waals surface area contributed by atoms with E-state index in [1.165, 1.54) is 16.4 Å². The highest BCUT2D eigenvalue weighted by Gasteiger charge is 2.32. The predicted molar refractivity (Wildman–Crippen MR) is 63.9 cm³/mol. The van der Waals surface area contributed by atoms with Crippen molar-refractivity contribution in [3.8, 4) is 0 Å². The summed E-state index contributed by atoms with van der Waals surface area (Å²) in [6.45, 7) is 4.33. The summed E-state index contributed by atoms with van der Waals surface area (Å²) >= 11 is 1.32. The molecule has 0 radical (unpaired) electrons. The van der Waals surface area contributed by atoms with E-state index in [9.17, 15) is 9.90 Å². The van der Waals surface area contributed by atoms with E-state index in [0.717, 1.165) is 6.42 Å². The zero-order valence-electron chi connectivity index (χ0n) is 10.2. The fourth-order valence-corrected chi connectivity index (χ4v) is 2.10. The fourth-order valence-electron chi connectivity index (χ4n) is 1.14. The van der Waals surface area contributed by atoms with Crippen molar-refractivity contribution < 1.29 is 9.90 Å². The summed E-state index contributed by atoms with van der Waals surface area (Å²) in [5, 5.41) is 23.9. The number of hydrogen-bond acceptors (Lipinski definition) is 6. The Balaban J connectivity index is 2.61. The molecule has 0 saturated heterocycles. The van der Waals surface area contributed by atoms with Gasteiger partial charge in [-0.1, -0.05) is 18.7 Å². The highest BCUT2D eigenvalue weighted by atomic mass is 32.2. The van der Waals surface area contributed by atoms with Crippen LogP contribution in [0.5, 0.6) is 0 Å². The van der Waals surface area contributed by atoms with Gasteiger partial charge >= 0.3 is 5.97 Å². The first-order chi connectivity index (χ1) is 7.99. The Kier molecular flexibility index (Phi) is 4.88. The van der Waals surface area contributed by atoms with Gasteiger partial charge < -0.3 is 10.4 Å². The van der Waals surface area contributed by atoms with Crippen LogP contribution in [0, 0.1) is 0 Å². The largest absolute Gasteiger partial charge is 0.480 e. The maximum atomic E-state index is 11.2. The van der Waals surface area contributed by atoms with Crippen LogP contribution in [-0.2, 0) is 11.8 Å². The monoisotopic (exact) mass is 259 g/mol. The van der Waals surface area contributed by atoms with Crippen molar-refractivity contribution in [2.75, 3.05) is 12.3 Å². The molecule has 0 saturated carbocycles. The second kappa shape index (κ2) is 5.97. The first kappa shape index (κ1) is 13.9. The number of carbonyl (C=O) groups is 1. The molecule has 1 aromatic rings. The van der Waals surface area contributed by atoms with Crippen molar-refractivity contribution in [1.82, 2.24) is 25.5 Å². The summed E-state index contributed by atoms with van der Waals surface area (Å²) in [5.41, 5.74) is -0.966. The van der Waals surface area contributed by atoms with Crippen LogP contribution < -0.4 is 5.32 Å². The van der Waals surface area contributed by atoms with Crippen LogP contribution in [0.3, 0.4) is 0 Å². The number of aryl methyl sites for hydroxylation is 1. The number of tetrazole rings is 1. The van der Waals surface area contributed by atoms with Gasteiger partial charge in [0.05, 0.1) is 0 Å². The van der Waals surface area contributed by atoms with Gasteiger partial charge in [0.25, 0.3) is 0 Å². The predicted octanol–water partition coefficient (Wildman–Crippen LogP) is 0.145. The van der Waals surface area contributed by atoms with Crippen LogP contribution in [0.4, 0.5) is 0 Å². The highest BCUT2D eigenvalue weighted by Crippen LogP contribution is 2.19. The molecule has 0 aliphatic rings. The average Bonchev–Trinajstić information content (AvgIpc) is 2.69. The maximum absolute atomic E-state index is 11.2. The van der Waals surface area contributed by atoms with Crippen LogP contribution in [-0.4, -0.2) is 49.1 Å². The van der Waals surface area contributed by atoms with Crippen molar-refractivity contribution in [3.05, 3.63) is 0 Å². The van der Waals surface area contributed by atoms with Gasteiger partial charge in [-0.2, -0.15) is 0 Å². The lowest BCUT2D eigenvalue weighted by molar-refractivity contribution is -0.143. The minimum absolute atomic E-state index is 0.372. The minimum Gasteiger partial charge on any atom is -0.480 e. The molecule has 17 heavy (non-hydrogen) atoms. The number of thioether (sulfide) groups is 1. The summed E-state index contributed by atoms with van der Waals surface area (Å²) in [6, 6.07) is 0. The molecular weight excluding hydrogens is 242 g/mol. The van der Waals surface area contributed by atoms with Crippen LogP contribution in [0.15, 0.2) is 5.16 Å². The van der Waals surface area contributed by atoms with Gasteiger partial charge in [0.1, 0.15) is 5.54 Å². The third-order valence-corrected chi connectivity index (χ3v) is 3.63. The van der Waals surface area contributed by atoms with Gasteiger partial charge in [0.2, 0.25) is 5.16 Å². The quantitative estimate of drug-likeness (QED) is 0.673. The number of rotatable bonds is 7. The normalized spacial score (nSPS) is 14.5. The Bertz CT molecular complexity index is 383. The molecule has 1 heterocycles. The first-order valence-electron chi connectivity index (χ1n) is 5.33. The number of aliphatic carboxylic acids is 1. The van der Waals surface area contributed by atoms with E-state index in [4.69, 9.17) is 0 Å². The summed E-state index contributed by atoms with van der Waals surface area (Å²) < 4.78 is 1.52. The fraction of sp³-hybridized carbons (Fsp3) is 0.778. The van der Waals surface area contributed by atoms with E-state index in [1.807, 2.05) is 6.92 Å². The third kappa shape index (κ3) is 3.67. The van der Waals surface area contributed by atoms with E-state index in [1.54, 1.807) is 14.0 Å². The van der Waals surface area contributed by atoms with Gasteiger partial charge in [-0.15, -0.1) is 5.10 Å². The number of carboxylic acids is 1. The molecule has 1 aromatic heterocycles. The molecule has 0 fully saturated rings. The second-order valence-electron chi connectivity index (χ2n) is 3.94. The summed E-state index contributed by atoms with van der Waals surface area (Å²) in [7, 11) is 1.72. The number of nitrogens with zero attached hydrogens (tertiary/aromatic N) is 4. The topological polar surface area (TPSA) is 92.9 Å². The molecule has 1 atom stereocenters. The highest BCUT2D eigenvalue weighted by molar-refractivity contribution is 7.99. The summed E-state index contributed by atoms with van der Waals surface area (Å²) in [5.74, 6) is -0.495. The zero-order valence-corrected chi connectivity index (χ0v) is 11.0. The lowest BCUT2D eigenvalue weighted by atomic mass is 10.1. The molecule has 2 N–H and O–H groups in total. The van der Waals surface area contributed by atoms with Crippen molar-refractivity contribution >= 4 is 17.7 Å². The van der Waals surface area contributed by atoms with Crippen molar-refractivity contribution in [1.29, 1.82) is 0 Å². The Labute approximate surface area is 104 Å². The molecular formula is C9H17N5O2S. The van der Waals surface area contributed by atoms with E-state index < -0.39 is 11.5 Å². The summed E-state index contributed by atoms with van der Waals surface area (Å²) in [6.07, 6.45) is 0.888. The molecule has 0 bridgehead atoms. The van der Waals surface area contributed by atoms with Crippen molar-refractivity contribution in [3.63, 3.8) is 0 Å². The zero-order chi connectivity index (χ0) is 12.9. The second-order valence-corrected chi connectivity index (χ2v) is 4.88. The minimum atomic E-state index is -0.966. The summed E-state index contributed by atoms with van der Waals surface area (Å²) in [4.78, 5) is 11.2. The lowest BCUT2D eigenvalue weighted by Crippen LogP contribution is -2.52. The average molecular weight is 259 g/mol. The maximum Gasteiger partial charge on any atom is 0.324 e. The Morgan fingerprint density at radius 3 is 2.82 bits per heavy atom.